The summed E-state index contributed by atoms with van der Waals surface area (Å²) in [5.41, 5.74) is 0. The number of nitrogens with zero attached hydrogens (tertiary/aromatic N) is 3. The molecule has 0 bridgehead atoms. The van der Waals surface area contributed by atoms with E-state index < -0.39 is 0 Å². The van der Waals surface area contributed by atoms with E-state index in [1.54, 1.807) is 0 Å². The lowest BCUT2D eigenvalue weighted by molar-refractivity contribution is -0.142. The largest absolute Gasteiger partial charge is 0.493 e. The SMILES string of the molecule is CC(C)NC(=O)CN1CCN(C(=O)C2CCCN(C(=O)CCOc3ccccc3)C2)CC1. The molecule has 2 aliphatic heterocycles. The molecule has 1 atom stereocenters. The number of carbonyl (C=O) groups excluding carboxylic acids is 3. The molecule has 2 saturated heterocycles. The van der Waals surface area contributed by atoms with E-state index in [4.69, 9.17) is 4.74 Å². The fourth-order valence-corrected chi connectivity index (χ4v) is 4.29. The van der Waals surface area contributed by atoms with Crippen LogP contribution in [0, 0.1) is 5.92 Å². The van der Waals surface area contributed by atoms with Gasteiger partial charge >= 0.3 is 0 Å². The monoisotopic (exact) mass is 444 g/mol. The molecular weight excluding hydrogens is 408 g/mol. The lowest BCUT2D eigenvalue weighted by Gasteiger charge is -2.39. The number of piperidine rings is 1. The third kappa shape index (κ3) is 7.22. The average molecular weight is 445 g/mol. The first kappa shape index (κ1) is 24.0. The molecule has 3 rings (SSSR count). The fraction of sp³-hybridized carbons (Fsp3) is 0.625. The number of piperazine rings is 1. The minimum atomic E-state index is -0.140. The van der Waals surface area contributed by atoms with Crippen molar-refractivity contribution in [1.82, 2.24) is 20.0 Å². The second-order valence-corrected chi connectivity index (χ2v) is 8.91. The van der Waals surface area contributed by atoms with Gasteiger partial charge in [-0.15, -0.1) is 0 Å². The summed E-state index contributed by atoms with van der Waals surface area (Å²) in [4.78, 5) is 43.4. The number of likely N-dealkylation sites (tertiary alicyclic amines) is 1. The molecule has 0 aromatic heterocycles. The first-order chi connectivity index (χ1) is 15.4. The smallest absolute Gasteiger partial charge is 0.234 e. The van der Waals surface area contributed by atoms with Gasteiger partial charge in [-0.05, 0) is 38.8 Å². The molecule has 176 valence electrons. The van der Waals surface area contributed by atoms with Crippen LogP contribution in [-0.4, -0.2) is 90.9 Å². The van der Waals surface area contributed by atoms with Crippen molar-refractivity contribution in [2.75, 3.05) is 52.4 Å². The van der Waals surface area contributed by atoms with Crippen LogP contribution in [0.15, 0.2) is 30.3 Å². The maximum Gasteiger partial charge on any atom is 0.234 e. The van der Waals surface area contributed by atoms with Gasteiger partial charge in [0.05, 0.1) is 25.5 Å². The first-order valence-corrected chi connectivity index (χ1v) is 11.7. The molecule has 1 aromatic carbocycles. The standard InChI is InChI=1S/C24H36N4O4/c1-19(2)25-22(29)18-26-12-14-27(15-13-26)24(31)20-7-6-11-28(17-20)23(30)10-16-32-21-8-4-3-5-9-21/h3-5,8-9,19-20H,6-7,10-18H2,1-2H3,(H,25,29). The summed E-state index contributed by atoms with van der Waals surface area (Å²) in [6.07, 6.45) is 1.98. The maximum absolute atomic E-state index is 13.1. The van der Waals surface area contributed by atoms with Crippen LogP contribution >= 0.6 is 0 Å². The Kier molecular flexibility index (Phi) is 8.90. The lowest BCUT2D eigenvalue weighted by atomic mass is 9.96. The number of hydrogen-bond acceptors (Lipinski definition) is 5. The normalized spacial score (nSPS) is 19.7. The third-order valence-corrected chi connectivity index (χ3v) is 5.95. The zero-order valence-corrected chi connectivity index (χ0v) is 19.3. The Bertz CT molecular complexity index is 763. The van der Waals surface area contributed by atoms with E-state index in [1.165, 1.54) is 0 Å². The van der Waals surface area contributed by atoms with E-state index in [1.807, 2.05) is 54.0 Å². The van der Waals surface area contributed by atoms with Crippen molar-refractivity contribution in [2.45, 2.75) is 39.2 Å². The second kappa shape index (κ2) is 11.9. The van der Waals surface area contributed by atoms with Crippen LogP contribution < -0.4 is 10.1 Å². The predicted molar refractivity (Wildman–Crippen MR) is 122 cm³/mol. The molecule has 0 aliphatic carbocycles. The Labute approximate surface area is 190 Å². The Morgan fingerprint density at radius 2 is 1.75 bits per heavy atom. The van der Waals surface area contributed by atoms with Gasteiger partial charge in [-0.2, -0.15) is 0 Å². The number of hydrogen-bond donors (Lipinski definition) is 1. The van der Waals surface area contributed by atoms with E-state index in [2.05, 4.69) is 10.2 Å². The van der Waals surface area contributed by atoms with Crippen molar-refractivity contribution >= 4 is 17.7 Å². The van der Waals surface area contributed by atoms with Crippen LogP contribution in [0.5, 0.6) is 5.75 Å². The molecule has 32 heavy (non-hydrogen) atoms. The molecule has 1 aromatic rings. The zero-order chi connectivity index (χ0) is 22.9. The van der Waals surface area contributed by atoms with Crippen LogP contribution in [0.2, 0.25) is 0 Å². The summed E-state index contributed by atoms with van der Waals surface area (Å²) in [6, 6.07) is 9.60. The summed E-state index contributed by atoms with van der Waals surface area (Å²) in [6.45, 7) is 8.44. The van der Waals surface area contributed by atoms with E-state index in [9.17, 15) is 14.4 Å². The van der Waals surface area contributed by atoms with Crippen LogP contribution in [0.25, 0.3) is 0 Å². The molecule has 8 heteroatoms. The summed E-state index contributed by atoms with van der Waals surface area (Å²) < 4.78 is 5.64. The zero-order valence-electron chi connectivity index (χ0n) is 19.3. The Balaban J connectivity index is 1.40. The Morgan fingerprint density at radius 3 is 2.44 bits per heavy atom. The Hall–Kier alpha value is -2.61. The first-order valence-electron chi connectivity index (χ1n) is 11.7. The number of rotatable bonds is 8. The van der Waals surface area contributed by atoms with Crippen LogP contribution in [0.3, 0.4) is 0 Å². The molecule has 8 nitrogen and oxygen atoms in total. The summed E-state index contributed by atoms with van der Waals surface area (Å²) in [7, 11) is 0. The topological polar surface area (TPSA) is 82.2 Å². The lowest BCUT2D eigenvalue weighted by Crippen LogP contribution is -2.54. The molecule has 0 radical (unpaired) electrons. The van der Waals surface area contributed by atoms with E-state index in [0.29, 0.717) is 58.8 Å². The van der Waals surface area contributed by atoms with Crippen LogP contribution in [0.4, 0.5) is 0 Å². The van der Waals surface area contributed by atoms with Gasteiger partial charge in [-0.3, -0.25) is 19.3 Å². The molecular formula is C24H36N4O4. The predicted octanol–water partition coefficient (Wildman–Crippen LogP) is 1.36. The average Bonchev–Trinajstić information content (AvgIpc) is 2.79. The van der Waals surface area contributed by atoms with Crippen molar-refractivity contribution in [3.8, 4) is 5.75 Å². The van der Waals surface area contributed by atoms with E-state index >= 15 is 0 Å². The minimum Gasteiger partial charge on any atom is -0.493 e. The summed E-state index contributed by atoms with van der Waals surface area (Å²) in [5.74, 6) is 0.817. The molecule has 0 spiro atoms. The van der Waals surface area contributed by atoms with Crippen molar-refractivity contribution < 1.29 is 19.1 Å². The van der Waals surface area contributed by atoms with Crippen molar-refractivity contribution in [1.29, 1.82) is 0 Å². The minimum absolute atomic E-state index is 0.0254. The quantitative estimate of drug-likeness (QED) is 0.655. The van der Waals surface area contributed by atoms with Gasteiger partial charge in [0.2, 0.25) is 17.7 Å². The molecule has 1 unspecified atom stereocenters. The van der Waals surface area contributed by atoms with Crippen molar-refractivity contribution in [3.63, 3.8) is 0 Å². The molecule has 1 N–H and O–H groups in total. The highest BCUT2D eigenvalue weighted by atomic mass is 16.5. The number of ether oxygens (including phenoxy) is 1. The molecule has 3 amide bonds. The van der Waals surface area contributed by atoms with Gasteiger partial charge in [0.15, 0.2) is 0 Å². The van der Waals surface area contributed by atoms with Gasteiger partial charge in [-0.25, -0.2) is 0 Å². The molecule has 2 heterocycles. The second-order valence-electron chi connectivity index (χ2n) is 8.91. The maximum atomic E-state index is 13.1. The summed E-state index contributed by atoms with van der Waals surface area (Å²) >= 11 is 0. The van der Waals surface area contributed by atoms with Crippen LogP contribution in [0.1, 0.15) is 33.1 Å². The Morgan fingerprint density at radius 1 is 1.03 bits per heavy atom. The van der Waals surface area contributed by atoms with E-state index in [0.717, 1.165) is 18.6 Å². The van der Waals surface area contributed by atoms with Gasteiger partial charge in [-0.1, -0.05) is 18.2 Å². The van der Waals surface area contributed by atoms with Crippen LogP contribution in [-0.2, 0) is 14.4 Å². The highest BCUT2D eigenvalue weighted by Gasteiger charge is 2.32. The fourth-order valence-electron chi connectivity index (χ4n) is 4.29. The number of para-hydroxylation sites is 1. The summed E-state index contributed by atoms with van der Waals surface area (Å²) in [5, 5.41) is 2.91. The number of amides is 3. The van der Waals surface area contributed by atoms with Gasteiger partial charge < -0.3 is 19.9 Å². The highest BCUT2D eigenvalue weighted by Crippen LogP contribution is 2.21. The van der Waals surface area contributed by atoms with Gasteiger partial charge in [0.25, 0.3) is 0 Å². The molecule has 2 fully saturated rings. The van der Waals surface area contributed by atoms with Gasteiger partial charge in [0.1, 0.15) is 5.75 Å². The molecule has 2 aliphatic rings. The highest BCUT2D eigenvalue weighted by molar-refractivity contribution is 5.82. The third-order valence-electron chi connectivity index (χ3n) is 5.95. The van der Waals surface area contributed by atoms with Crippen molar-refractivity contribution in [2.24, 2.45) is 5.92 Å². The van der Waals surface area contributed by atoms with Crippen molar-refractivity contribution in [3.05, 3.63) is 30.3 Å². The van der Waals surface area contributed by atoms with E-state index in [-0.39, 0.29) is 29.7 Å². The number of carbonyl (C=O) groups is 3. The molecule has 0 saturated carbocycles. The van der Waals surface area contributed by atoms with Gasteiger partial charge in [0, 0.05) is 45.3 Å². The number of nitrogens with one attached hydrogen (secondary N) is 1. The number of benzene rings is 1.